The number of oxime groups is 1. The second-order valence-corrected chi connectivity index (χ2v) is 6.81. The van der Waals surface area contributed by atoms with Gasteiger partial charge in [-0.25, -0.2) is 0 Å². The number of allylic oxidation sites excluding steroid dienone is 9. The van der Waals surface area contributed by atoms with Crippen LogP contribution < -0.4 is 0 Å². The molecule has 2 N–H and O–H groups in total. The Kier molecular flexibility index (Phi) is 7.24. The molecule has 0 bridgehead atoms. The van der Waals surface area contributed by atoms with E-state index in [1.165, 1.54) is 11.8 Å². The molecule has 3 nitrogen and oxygen atoms in total. The largest absolute Gasteiger partial charge is 0.411 e. The molecule has 0 saturated carbocycles. The summed E-state index contributed by atoms with van der Waals surface area (Å²) < 4.78 is 0. The lowest BCUT2D eigenvalue weighted by Crippen LogP contribution is -2.27. The van der Waals surface area contributed by atoms with Gasteiger partial charge in [0.1, 0.15) is 0 Å². The summed E-state index contributed by atoms with van der Waals surface area (Å²) in [7, 11) is 0. The average molecular weight is 315 g/mol. The van der Waals surface area contributed by atoms with Gasteiger partial charge in [-0.2, -0.15) is 0 Å². The standard InChI is InChI=1S/C20H29NO2/c1-15(7-6-8-16(2)12-14-21-23)9-10-18-17(3)19(22)11-13-20(18,4)5/h6-10,12,14,19,22-23H,11,13H2,1-5H3/b8-6-,10-9+,15-7+,16-12+,21-14-/t19-/m1/s1. The van der Waals surface area contributed by atoms with E-state index in [0.717, 1.165) is 29.6 Å². The highest BCUT2D eigenvalue weighted by Gasteiger charge is 2.30. The fourth-order valence-electron chi connectivity index (χ4n) is 2.75. The van der Waals surface area contributed by atoms with Gasteiger partial charge >= 0.3 is 0 Å². The lowest BCUT2D eigenvalue weighted by atomic mass is 9.71. The molecule has 0 aromatic carbocycles. The zero-order chi connectivity index (χ0) is 17.5. The molecule has 0 fully saturated rings. The summed E-state index contributed by atoms with van der Waals surface area (Å²) >= 11 is 0. The van der Waals surface area contributed by atoms with Crippen molar-refractivity contribution in [2.75, 3.05) is 0 Å². The molecule has 0 aromatic heterocycles. The van der Waals surface area contributed by atoms with Crippen LogP contribution in [-0.4, -0.2) is 22.6 Å². The quantitative estimate of drug-likeness (QED) is 0.326. The third kappa shape index (κ3) is 6.03. The van der Waals surface area contributed by atoms with Crippen LogP contribution in [0.25, 0.3) is 0 Å². The second-order valence-electron chi connectivity index (χ2n) is 6.81. The topological polar surface area (TPSA) is 52.8 Å². The summed E-state index contributed by atoms with van der Waals surface area (Å²) in [4.78, 5) is 0. The summed E-state index contributed by atoms with van der Waals surface area (Å²) in [6.45, 7) is 10.5. The molecule has 1 rings (SSSR count). The van der Waals surface area contributed by atoms with Crippen LogP contribution in [0.4, 0.5) is 0 Å². The molecule has 0 aliphatic heterocycles. The lowest BCUT2D eigenvalue weighted by molar-refractivity contribution is 0.163. The Morgan fingerprint density at radius 1 is 1.17 bits per heavy atom. The van der Waals surface area contributed by atoms with Gasteiger partial charge in [-0.05, 0) is 61.8 Å². The molecule has 0 heterocycles. The fourth-order valence-corrected chi connectivity index (χ4v) is 2.75. The Bertz CT molecular complexity index is 587. The Morgan fingerprint density at radius 3 is 2.48 bits per heavy atom. The highest BCUT2D eigenvalue weighted by atomic mass is 16.4. The Morgan fingerprint density at radius 2 is 1.83 bits per heavy atom. The Hall–Kier alpha value is -1.87. The first-order valence-electron chi connectivity index (χ1n) is 8.04. The summed E-state index contributed by atoms with van der Waals surface area (Å²) in [6.07, 6.45) is 14.8. The molecule has 23 heavy (non-hydrogen) atoms. The van der Waals surface area contributed by atoms with Gasteiger partial charge in [0.2, 0.25) is 0 Å². The summed E-state index contributed by atoms with van der Waals surface area (Å²) in [5.41, 5.74) is 4.58. The molecular formula is C20H29NO2. The minimum absolute atomic E-state index is 0.110. The number of aliphatic hydroxyl groups excluding tert-OH is 1. The minimum Gasteiger partial charge on any atom is -0.411 e. The first kappa shape index (κ1) is 19.2. The number of hydrogen-bond donors (Lipinski definition) is 2. The molecule has 0 amide bonds. The Labute approximate surface area is 140 Å². The second kappa shape index (κ2) is 8.68. The van der Waals surface area contributed by atoms with Crippen LogP contribution in [-0.2, 0) is 0 Å². The predicted octanol–water partition coefficient (Wildman–Crippen LogP) is 4.95. The van der Waals surface area contributed by atoms with Crippen molar-refractivity contribution in [2.45, 2.75) is 53.6 Å². The van der Waals surface area contributed by atoms with Crippen LogP contribution >= 0.6 is 0 Å². The van der Waals surface area contributed by atoms with Crippen molar-refractivity contribution in [2.24, 2.45) is 10.6 Å². The van der Waals surface area contributed by atoms with Crippen LogP contribution in [0.3, 0.4) is 0 Å². The predicted molar refractivity (Wildman–Crippen MR) is 97.8 cm³/mol. The van der Waals surface area contributed by atoms with Crippen molar-refractivity contribution in [1.82, 2.24) is 0 Å². The van der Waals surface area contributed by atoms with Crippen molar-refractivity contribution in [3.05, 3.63) is 58.7 Å². The maximum absolute atomic E-state index is 10.1. The molecule has 1 aliphatic rings. The summed E-state index contributed by atoms with van der Waals surface area (Å²) in [5.74, 6) is 0. The monoisotopic (exact) mass is 315 g/mol. The van der Waals surface area contributed by atoms with Crippen molar-refractivity contribution < 1.29 is 10.3 Å². The van der Waals surface area contributed by atoms with E-state index in [0.29, 0.717) is 0 Å². The molecule has 0 saturated heterocycles. The maximum Gasteiger partial charge on any atom is 0.0753 e. The van der Waals surface area contributed by atoms with Gasteiger partial charge in [0.15, 0.2) is 0 Å². The van der Waals surface area contributed by atoms with Crippen LogP contribution in [0.1, 0.15) is 47.5 Å². The zero-order valence-corrected chi connectivity index (χ0v) is 14.9. The van der Waals surface area contributed by atoms with Crippen molar-refractivity contribution in [3.63, 3.8) is 0 Å². The van der Waals surface area contributed by atoms with E-state index in [9.17, 15) is 5.11 Å². The molecule has 1 atom stereocenters. The highest BCUT2D eigenvalue weighted by molar-refractivity contribution is 5.72. The first-order valence-corrected chi connectivity index (χ1v) is 8.04. The van der Waals surface area contributed by atoms with Crippen molar-refractivity contribution in [1.29, 1.82) is 0 Å². The van der Waals surface area contributed by atoms with E-state index in [-0.39, 0.29) is 11.5 Å². The first-order chi connectivity index (χ1) is 10.8. The number of nitrogens with zero attached hydrogens (tertiary/aromatic N) is 1. The van der Waals surface area contributed by atoms with Gasteiger partial charge in [0, 0.05) is 0 Å². The fraction of sp³-hybridized carbons (Fsp3) is 0.450. The van der Waals surface area contributed by atoms with E-state index in [2.05, 4.69) is 38.1 Å². The van der Waals surface area contributed by atoms with E-state index in [1.807, 2.05) is 32.1 Å². The van der Waals surface area contributed by atoms with Crippen molar-refractivity contribution in [3.8, 4) is 0 Å². The molecular weight excluding hydrogens is 286 g/mol. The average Bonchev–Trinajstić information content (AvgIpc) is 2.49. The number of hydrogen-bond acceptors (Lipinski definition) is 3. The minimum atomic E-state index is -0.312. The third-order valence-corrected chi connectivity index (χ3v) is 4.33. The van der Waals surface area contributed by atoms with Gasteiger partial charge in [-0.3, -0.25) is 0 Å². The van der Waals surface area contributed by atoms with Gasteiger partial charge in [-0.1, -0.05) is 55.0 Å². The normalized spacial score (nSPS) is 23.7. The van der Waals surface area contributed by atoms with Gasteiger partial charge in [-0.15, -0.1) is 0 Å². The SMILES string of the molecule is CC1=C(/C=C/C(C)=C/C=C\C(C)=C\C=N/O)C(C)(C)CC[C@H]1O. The summed E-state index contributed by atoms with van der Waals surface area (Å²) in [5, 5.41) is 21.4. The van der Waals surface area contributed by atoms with Gasteiger partial charge in [0.05, 0.1) is 12.3 Å². The van der Waals surface area contributed by atoms with Gasteiger partial charge in [0.25, 0.3) is 0 Å². The third-order valence-electron chi connectivity index (χ3n) is 4.33. The molecule has 0 aromatic rings. The number of rotatable bonds is 5. The molecule has 126 valence electrons. The lowest BCUT2D eigenvalue weighted by Gasteiger charge is -2.35. The zero-order valence-electron chi connectivity index (χ0n) is 14.9. The molecule has 3 heteroatoms. The van der Waals surface area contributed by atoms with E-state index in [4.69, 9.17) is 5.21 Å². The van der Waals surface area contributed by atoms with E-state index < -0.39 is 0 Å². The van der Waals surface area contributed by atoms with E-state index >= 15 is 0 Å². The van der Waals surface area contributed by atoms with E-state index in [1.54, 1.807) is 6.08 Å². The summed E-state index contributed by atoms with van der Waals surface area (Å²) in [6, 6.07) is 0. The van der Waals surface area contributed by atoms with Crippen LogP contribution in [0.5, 0.6) is 0 Å². The highest BCUT2D eigenvalue weighted by Crippen LogP contribution is 2.40. The van der Waals surface area contributed by atoms with Crippen molar-refractivity contribution >= 4 is 6.21 Å². The molecule has 0 unspecified atom stereocenters. The molecule has 1 aliphatic carbocycles. The number of aliphatic hydroxyl groups is 1. The maximum atomic E-state index is 10.1. The Balaban J connectivity index is 2.85. The van der Waals surface area contributed by atoms with Crippen LogP contribution in [0.2, 0.25) is 0 Å². The smallest absolute Gasteiger partial charge is 0.0753 e. The van der Waals surface area contributed by atoms with Gasteiger partial charge < -0.3 is 10.3 Å². The van der Waals surface area contributed by atoms with Crippen LogP contribution in [0, 0.1) is 5.41 Å². The molecule has 0 radical (unpaired) electrons. The van der Waals surface area contributed by atoms with Crippen LogP contribution in [0.15, 0.2) is 63.9 Å². The molecule has 0 spiro atoms.